The maximum absolute atomic E-state index is 12.7. The lowest BCUT2D eigenvalue weighted by molar-refractivity contribution is -0.113. The number of thioether (sulfide) groups is 1. The molecule has 2 aromatic rings. The van der Waals surface area contributed by atoms with Gasteiger partial charge in [-0.2, -0.15) is 0 Å². The molecule has 0 bridgehead atoms. The first-order valence-electron chi connectivity index (χ1n) is 6.98. The summed E-state index contributed by atoms with van der Waals surface area (Å²) in [6.07, 6.45) is 1.58. The number of benzene rings is 2. The Morgan fingerprint density at radius 2 is 1.88 bits per heavy atom. The van der Waals surface area contributed by atoms with Gasteiger partial charge >= 0.3 is 0 Å². The van der Waals surface area contributed by atoms with Gasteiger partial charge in [0.25, 0.3) is 11.1 Å². The van der Waals surface area contributed by atoms with Crippen LogP contribution in [0.5, 0.6) is 5.75 Å². The van der Waals surface area contributed by atoms with Gasteiger partial charge in [0.1, 0.15) is 5.75 Å². The van der Waals surface area contributed by atoms with Gasteiger partial charge in [-0.05, 0) is 42.1 Å². The molecule has 1 saturated heterocycles. The molecule has 25 heavy (non-hydrogen) atoms. The van der Waals surface area contributed by atoms with Crippen LogP contribution in [-0.2, 0) is 4.79 Å². The molecule has 1 aliphatic rings. The maximum Gasteiger partial charge on any atom is 0.298 e. The van der Waals surface area contributed by atoms with Crippen LogP contribution in [0.3, 0.4) is 0 Å². The maximum atomic E-state index is 12.7. The minimum Gasteiger partial charge on any atom is -0.495 e. The van der Waals surface area contributed by atoms with Gasteiger partial charge in [-0.25, -0.2) is 4.90 Å². The predicted molar refractivity (Wildman–Crippen MR) is 106 cm³/mol. The van der Waals surface area contributed by atoms with Crippen LogP contribution < -0.4 is 9.64 Å². The largest absolute Gasteiger partial charge is 0.495 e. The summed E-state index contributed by atoms with van der Waals surface area (Å²) in [6.45, 7) is 0. The average Bonchev–Trinajstić information content (AvgIpc) is 2.82. The van der Waals surface area contributed by atoms with Crippen LogP contribution in [0.2, 0.25) is 10.0 Å². The van der Waals surface area contributed by atoms with E-state index in [4.69, 9.17) is 27.9 Å². The molecule has 2 aromatic carbocycles. The monoisotopic (exact) mass is 457 g/mol. The van der Waals surface area contributed by atoms with Crippen LogP contribution in [0.1, 0.15) is 5.56 Å². The number of carbonyl (C=O) groups excluding carboxylic acids is 2. The van der Waals surface area contributed by atoms with E-state index in [-0.39, 0.29) is 4.91 Å². The number of methoxy groups -OCH3 is 1. The molecule has 0 aliphatic carbocycles. The number of imide groups is 1. The molecule has 0 radical (unpaired) electrons. The molecule has 3 rings (SSSR count). The van der Waals surface area contributed by atoms with Crippen LogP contribution in [0.25, 0.3) is 6.08 Å². The molecule has 8 heteroatoms. The summed E-state index contributed by atoms with van der Waals surface area (Å²) >= 11 is 16.5. The van der Waals surface area contributed by atoms with E-state index in [1.807, 2.05) is 0 Å². The van der Waals surface area contributed by atoms with Crippen molar-refractivity contribution in [1.82, 2.24) is 0 Å². The first-order valence-corrected chi connectivity index (χ1v) is 9.34. The average molecular weight is 459 g/mol. The van der Waals surface area contributed by atoms with Crippen molar-refractivity contribution in [2.45, 2.75) is 0 Å². The second-order valence-corrected chi connectivity index (χ2v) is 7.70. The Hall–Kier alpha value is -1.47. The van der Waals surface area contributed by atoms with E-state index in [2.05, 4.69) is 15.9 Å². The quantitative estimate of drug-likeness (QED) is 0.528. The molecule has 0 aromatic heterocycles. The molecule has 2 amide bonds. The fourth-order valence-corrected chi connectivity index (χ4v) is 4.31. The number of ether oxygens (including phenoxy) is 1. The summed E-state index contributed by atoms with van der Waals surface area (Å²) < 4.78 is 6.03. The van der Waals surface area contributed by atoms with Crippen LogP contribution in [0.15, 0.2) is 45.8 Å². The molecule has 0 unspecified atom stereocenters. The number of hydrogen-bond donors (Lipinski definition) is 0. The van der Waals surface area contributed by atoms with Crippen LogP contribution in [-0.4, -0.2) is 18.3 Å². The van der Waals surface area contributed by atoms with Crippen molar-refractivity contribution in [2.75, 3.05) is 12.0 Å². The Bertz CT molecular complexity index is 917. The van der Waals surface area contributed by atoms with Gasteiger partial charge in [0.2, 0.25) is 0 Å². The number of rotatable bonds is 3. The summed E-state index contributed by atoms with van der Waals surface area (Å²) in [7, 11) is 1.49. The zero-order chi connectivity index (χ0) is 18.1. The van der Waals surface area contributed by atoms with E-state index in [1.54, 1.807) is 42.5 Å². The van der Waals surface area contributed by atoms with Gasteiger partial charge in [-0.1, -0.05) is 51.3 Å². The molecular weight excluding hydrogens is 449 g/mol. The lowest BCUT2D eigenvalue weighted by Gasteiger charge is -2.13. The van der Waals surface area contributed by atoms with Gasteiger partial charge in [-0.15, -0.1) is 0 Å². The van der Waals surface area contributed by atoms with Gasteiger partial charge in [0, 0.05) is 10.0 Å². The molecule has 0 saturated carbocycles. The Kier molecular flexibility index (Phi) is 5.43. The van der Waals surface area contributed by atoms with Crippen molar-refractivity contribution in [1.29, 1.82) is 0 Å². The molecule has 0 N–H and O–H groups in total. The van der Waals surface area contributed by atoms with E-state index in [9.17, 15) is 9.59 Å². The Balaban J connectivity index is 2.04. The number of anilines is 1. The predicted octanol–water partition coefficient (Wildman–Crippen LogP) is 6.01. The van der Waals surface area contributed by atoms with E-state index in [1.165, 1.54) is 7.11 Å². The second-order valence-electron chi connectivity index (χ2n) is 4.98. The van der Waals surface area contributed by atoms with Crippen molar-refractivity contribution >= 4 is 73.8 Å². The minimum atomic E-state index is -0.443. The highest BCUT2D eigenvalue weighted by atomic mass is 79.9. The van der Waals surface area contributed by atoms with Gasteiger partial charge in [0.15, 0.2) is 0 Å². The summed E-state index contributed by atoms with van der Waals surface area (Å²) in [5.74, 6) is -0.0179. The highest BCUT2D eigenvalue weighted by molar-refractivity contribution is 9.10. The van der Waals surface area contributed by atoms with Crippen LogP contribution in [0, 0.1) is 0 Å². The number of amides is 2. The van der Waals surface area contributed by atoms with Crippen LogP contribution >= 0.6 is 50.9 Å². The SMILES string of the molecule is COc1c(Cl)cc(Br)cc1/C=C1\SC(=O)N(c2ccccc2Cl)C1=O. The number of para-hydroxylation sites is 1. The van der Waals surface area contributed by atoms with Gasteiger partial charge in [-0.3, -0.25) is 9.59 Å². The van der Waals surface area contributed by atoms with Crippen molar-refractivity contribution < 1.29 is 14.3 Å². The van der Waals surface area contributed by atoms with E-state index in [0.29, 0.717) is 27.0 Å². The molecule has 1 aliphatic heterocycles. The standard InChI is InChI=1S/C17H10BrCl2NO3S/c1-24-15-9(6-10(18)8-12(15)20)7-14-16(22)21(17(23)25-14)13-5-3-2-4-11(13)19/h2-8H,1H3/b14-7-. The van der Waals surface area contributed by atoms with Gasteiger partial charge < -0.3 is 4.74 Å². The van der Waals surface area contributed by atoms with Crippen molar-refractivity contribution in [2.24, 2.45) is 0 Å². The van der Waals surface area contributed by atoms with Gasteiger partial charge in [0.05, 0.1) is 27.7 Å². The third kappa shape index (κ3) is 3.58. The smallest absolute Gasteiger partial charge is 0.298 e. The molecule has 0 atom stereocenters. The Morgan fingerprint density at radius 3 is 2.56 bits per heavy atom. The molecular formula is C17H10BrCl2NO3S. The topological polar surface area (TPSA) is 46.6 Å². The zero-order valence-electron chi connectivity index (χ0n) is 12.8. The molecule has 128 valence electrons. The third-order valence-electron chi connectivity index (χ3n) is 3.41. The van der Waals surface area contributed by atoms with Crippen molar-refractivity contribution in [3.05, 3.63) is 61.4 Å². The molecule has 0 spiro atoms. The van der Waals surface area contributed by atoms with E-state index < -0.39 is 11.1 Å². The molecule has 1 heterocycles. The minimum absolute atomic E-state index is 0.261. The Morgan fingerprint density at radius 1 is 1.16 bits per heavy atom. The highest BCUT2D eigenvalue weighted by Gasteiger charge is 2.37. The molecule has 1 fully saturated rings. The normalized spacial score (nSPS) is 16.0. The summed E-state index contributed by atoms with van der Waals surface area (Å²) in [5.41, 5.74) is 0.945. The number of carbonyl (C=O) groups is 2. The first kappa shape index (κ1) is 18.3. The lowest BCUT2D eigenvalue weighted by atomic mass is 10.1. The summed E-state index contributed by atoms with van der Waals surface area (Å²) in [5, 5.41) is 0.312. The van der Waals surface area contributed by atoms with Crippen molar-refractivity contribution in [3.8, 4) is 5.75 Å². The van der Waals surface area contributed by atoms with Crippen LogP contribution in [0.4, 0.5) is 10.5 Å². The molecule has 4 nitrogen and oxygen atoms in total. The fraction of sp³-hybridized carbons (Fsp3) is 0.0588. The lowest BCUT2D eigenvalue weighted by Crippen LogP contribution is -2.27. The zero-order valence-corrected chi connectivity index (χ0v) is 16.7. The fourth-order valence-electron chi connectivity index (χ4n) is 2.35. The summed E-state index contributed by atoms with van der Waals surface area (Å²) in [6, 6.07) is 10.1. The van der Waals surface area contributed by atoms with E-state index in [0.717, 1.165) is 21.1 Å². The van der Waals surface area contributed by atoms with E-state index >= 15 is 0 Å². The number of hydrogen-bond acceptors (Lipinski definition) is 4. The Labute approximate surface area is 166 Å². The summed E-state index contributed by atoms with van der Waals surface area (Å²) in [4.78, 5) is 26.4. The second kappa shape index (κ2) is 7.41. The third-order valence-corrected chi connectivity index (χ3v) is 5.34. The number of halogens is 3. The number of nitrogens with zero attached hydrogens (tertiary/aromatic N) is 1. The van der Waals surface area contributed by atoms with Crippen molar-refractivity contribution in [3.63, 3.8) is 0 Å². The highest BCUT2D eigenvalue weighted by Crippen LogP contribution is 2.40. The first-order chi connectivity index (χ1) is 11.9.